The lowest BCUT2D eigenvalue weighted by Gasteiger charge is -2.39. The first-order chi connectivity index (χ1) is 9.52. The summed E-state index contributed by atoms with van der Waals surface area (Å²) in [6.45, 7) is 2.97. The molecule has 2 rings (SSSR count). The van der Waals surface area contributed by atoms with Crippen molar-refractivity contribution in [2.45, 2.75) is 44.7 Å². The van der Waals surface area contributed by atoms with Gasteiger partial charge in [0.1, 0.15) is 0 Å². The molecule has 20 heavy (non-hydrogen) atoms. The molecule has 0 spiro atoms. The lowest BCUT2D eigenvalue weighted by Crippen LogP contribution is -2.41. The summed E-state index contributed by atoms with van der Waals surface area (Å²) in [5.41, 5.74) is 7.26. The fourth-order valence-electron chi connectivity index (χ4n) is 3.31. The average molecular weight is 360 g/mol. The van der Waals surface area contributed by atoms with Gasteiger partial charge in [-0.2, -0.15) is 0 Å². The molecule has 0 amide bonds. The van der Waals surface area contributed by atoms with E-state index in [0.717, 1.165) is 15.4 Å². The van der Waals surface area contributed by atoms with Crippen molar-refractivity contribution in [3.8, 4) is 0 Å². The van der Waals surface area contributed by atoms with Crippen molar-refractivity contribution in [3.63, 3.8) is 0 Å². The van der Waals surface area contributed by atoms with Crippen molar-refractivity contribution < 1.29 is 0 Å². The van der Waals surface area contributed by atoms with Crippen molar-refractivity contribution in [1.82, 2.24) is 4.90 Å². The van der Waals surface area contributed by atoms with Crippen molar-refractivity contribution >= 4 is 27.5 Å². The standard InChI is InChI=1S/C16H24BrClN2/c1-11-4-3-5-13(8-11)20(2)16(10-19)14-9-12(18)6-7-15(14)17/h6-7,9,11,13,16H,3-5,8,10,19H2,1-2H3. The van der Waals surface area contributed by atoms with Crippen LogP contribution >= 0.6 is 27.5 Å². The molecule has 0 radical (unpaired) electrons. The van der Waals surface area contributed by atoms with Gasteiger partial charge in [0.2, 0.25) is 0 Å². The number of likely N-dealkylation sites (N-methyl/N-ethyl adjacent to an activating group) is 1. The molecular weight excluding hydrogens is 336 g/mol. The van der Waals surface area contributed by atoms with Crippen LogP contribution < -0.4 is 5.73 Å². The van der Waals surface area contributed by atoms with Crippen LogP contribution in [0.25, 0.3) is 0 Å². The Balaban J connectivity index is 2.20. The fourth-order valence-corrected chi connectivity index (χ4v) is 4.00. The van der Waals surface area contributed by atoms with Gasteiger partial charge in [-0.25, -0.2) is 0 Å². The number of benzene rings is 1. The molecule has 0 saturated heterocycles. The van der Waals surface area contributed by atoms with Crippen molar-refractivity contribution in [2.75, 3.05) is 13.6 Å². The summed E-state index contributed by atoms with van der Waals surface area (Å²) in [6.07, 6.45) is 5.23. The Kier molecular flexibility index (Phi) is 5.91. The van der Waals surface area contributed by atoms with Crippen LogP contribution in [-0.2, 0) is 0 Å². The second kappa shape index (κ2) is 7.26. The third kappa shape index (κ3) is 3.76. The number of hydrogen-bond donors (Lipinski definition) is 1. The highest BCUT2D eigenvalue weighted by molar-refractivity contribution is 9.10. The molecule has 112 valence electrons. The van der Waals surface area contributed by atoms with Gasteiger partial charge in [-0.15, -0.1) is 0 Å². The molecule has 4 heteroatoms. The highest BCUT2D eigenvalue weighted by Gasteiger charge is 2.28. The zero-order valence-corrected chi connectivity index (χ0v) is 14.6. The largest absolute Gasteiger partial charge is 0.329 e. The van der Waals surface area contributed by atoms with E-state index in [4.69, 9.17) is 17.3 Å². The molecule has 0 aliphatic heterocycles. The highest BCUT2D eigenvalue weighted by atomic mass is 79.9. The maximum atomic E-state index is 6.15. The number of nitrogens with two attached hydrogens (primary N) is 1. The van der Waals surface area contributed by atoms with Crippen LogP contribution in [0.3, 0.4) is 0 Å². The lowest BCUT2D eigenvalue weighted by molar-refractivity contribution is 0.121. The number of nitrogens with zero attached hydrogens (tertiary/aromatic N) is 1. The van der Waals surface area contributed by atoms with E-state index in [1.807, 2.05) is 18.2 Å². The molecule has 1 saturated carbocycles. The van der Waals surface area contributed by atoms with Gasteiger partial charge in [-0.3, -0.25) is 4.90 Å². The fraction of sp³-hybridized carbons (Fsp3) is 0.625. The second-order valence-electron chi connectivity index (χ2n) is 6.01. The van der Waals surface area contributed by atoms with Gasteiger partial charge in [0.25, 0.3) is 0 Å². The van der Waals surface area contributed by atoms with E-state index in [1.165, 1.54) is 31.2 Å². The van der Waals surface area contributed by atoms with Gasteiger partial charge in [-0.05, 0) is 49.6 Å². The zero-order chi connectivity index (χ0) is 14.7. The van der Waals surface area contributed by atoms with Gasteiger partial charge < -0.3 is 5.73 Å². The van der Waals surface area contributed by atoms with E-state index in [0.29, 0.717) is 12.6 Å². The van der Waals surface area contributed by atoms with Gasteiger partial charge in [0, 0.05) is 28.1 Å². The van der Waals surface area contributed by atoms with Crippen LogP contribution in [0.15, 0.2) is 22.7 Å². The van der Waals surface area contributed by atoms with Crippen LogP contribution in [-0.4, -0.2) is 24.5 Å². The highest BCUT2D eigenvalue weighted by Crippen LogP contribution is 2.34. The summed E-state index contributed by atoms with van der Waals surface area (Å²) < 4.78 is 1.09. The first-order valence-corrected chi connectivity index (χ1v) is 8.57. The molecular formula is C16H24BrClN2. The van der Waals surface area contributed by atoms with E-state index in [1.54, 1.807) is 0 Å². The Bertz CT molecular complexity index is 452. The van der Waals surface area contributed by atoms with Crippen molar-refractivity contribution in [1.29, 1.82) is 0 Å². The number of halogens is 2. The maximum Gasteiger partial charge on any atom is 0.0482 e. The van der Waals surface area contributed by atoms with Gasteiger partial charge in [-0.1, -0.05) is 47.3 Å². The summed E-state index contributed by atoms with van der Waals surface area (Å²) in [4.78, 5) is 2.45. The minimum Gasteiger partial charge on any atom is -0.329 e. The van der Waals surface area contributed by atoms with E-state index < -0.39 is 0 Å². The summed E-state index contributed by atoms with van der Waals surface area (Å²) in [5, 5.41) is 0.770. The topological polar surface area (TPSA) is 29.3 Å². The van der Waals surface area contributed by atoms with Crippen molar-refractivity contribution in [3.05, 3.63) is 33.3 Å². The number of rotatable bonds is 4. The Morgan fingerprint density at radius 3 is 2.85 bits per heavy atom. The summed E-state index contributed by atoms with van der Waals surface area (Å²) in [5.74, 6) is 0.817. The van der Waals surface area contributed by atoms with Gasteiger partial charge >= 0.3 is 0 Å². The van der Waals surface area contributed by atoms with Crippen LogP contribution in [0.2, 0.25) is 5.02 Å². The predicted octanol–water partition coefficient (Wildman–Crippen LogP) is 4.61. The van der Waals surface area contributed by atoms with E-state index >= 15 is 0 Å². The SMILES string of the molecule is CC1CCCC(N(C)C(CN)c2cc(Cl)ccc2Br)C1. The summed E-state index contributed by atoms with van der Waals surface area (Å²) in [6, 6.07) is 6.80. The van der Waals surface area contributed by atoms with Crippen LogP contribution in [0.1, 0.15) is 44.2 Å². The first kappa shape index (κ1) is 16.3. The average Bonchev–Trinajstić information content (AvgIpc) is 2.43. The molecule has 1 aromatic carbocycles. The summed E-state index contributed by atoms with van der Waals surface area (Å²) >= 11 is 9.79. The Morgan fingerprint density at radius 2 is 2.20 bits per heavy atom. The predicted molar refractivity (Wildman–Crippen MR) is 90.1 cm³/mol. The molecule has 0 heterocycles. The summed E-state index contributed by atoms with van der Waals surface area (Å²) in [7, 11) is 2.20. The molecule has 1 aliphatic rings. The van der Waals surface area contributed by atoms with Gasteiger partial charge in [0.05, 0.1) is 0 Å². The second-order valence-corrected chi connectivity index (χ2v) is 7.30. The zero-order valence-electron chi connectivity index (χ0n) is 12.3. The van der Waals surface area contributed by atoms with E-state index in [9.17, 15) is 0 Å². The molecule has 0 bridgehead atoms. The Morgan fingerprint density at radius 1 is 1.45 bits per heavy atom. The quantitative estimate of drug-likeness (QED) is 0.850. The lowest BCUT2D eigenvalue weighted by atomic mass is 9.85. The minimum atomic E-state index is 0.221. The van der Waals surface area contributed by atoms with Crippen molar-refractivity contribution in [2.24, 2.45) is 11.7 Å². The molecule has 0 aromatic heterocycles. The number of hydrogen-bond acceptors (Lipinski definition) is 2. The third-order valence-corrected chi connectivity index (χ3v) is 5.47. The molecule has 2 nitrogen and oxygen atoms in total. The normalized spacial score (nSPS) is 24.9. The maximum absolute atomic E-state index is 6.15. The molecule has 1 aliphatic carbocycles. The van der Waals surface area contributed by atoms with Crippen LogP contribution in [0.5, 0.6) is 0 Å². The molecule has 2 N–H and O–H groups in total. The smallest absolute Gasteiger partial charge is 0.0482 e. The minimum absolute atomic E-state index is 0.221. The third-order valence-electron chi connectivity index (χ3n) is 4.52. The molecule has 1 aromatic rings. The van der Waals surface area contributed by atoms with Crippen LogP contribution in [0.4, 0.5) is 0 Å². The van der Waals surface area contributed by atoms with E-state index in [2.05, 4.69) is 34.8 Å². The monoisotopic (exact) mass is 358 g/mol. The van der Waals surface area contributed by atoms with E-state index in [-0.39, 0.29) is 6.04 Å². The first-order valence-electron chi connectivity index (χ1n) is 7.40. The Labute approximate surface area is 135 Å². The molecule has 3 atom stereocenters. The molecule has 1 fully saturated rings. The van der Waals surface area contributed by atoms with Crippen LogP contribution in [0, 0.1) is 5.92 Å². The van der Waals surface area contributed by atoms with Gasteiger partial charge in [0.15, 0.2) is 0 Å². The Hall–Kier alpha value is -0.0900. The molecule has 3 unspecified atom stereocenters.